The maximum atomic E-state index is 5.25. The second-order valence-electron chi connectivity index (χ2n) is 6.42. The molecule has 0 aromatic carbocycles. The number of rotatable bonds is 6. The zero-order valence-corrected chi connectivity index (χ0v) is 13.4. The predicted octanol–water partition coefficient (Wildman–Crippen LogP) is 3.64. The van der Waals surface area contributed by atoms with Crippen LogP contribution in [0.2, 0.25) is 0 Å². The summed E-state index contributed by atoms with van der Waals surface area (Å²) in [6, 6.07) is 0.315. The van der Waals surface area contributed by atoms with Gasteiger partial charge in [0.15, 0.2) is 0 Å². The number of hydrogen-bond acceptors (Lipinski definition) is 3. The van der Waals surface area contributed by atoms with E-state index >= 15 is 0 Å². The van der Waals surface area contributed by atoms with Crippen molar-refractivity contribution in [3.8, 4) is 0 Å². The molecule has 0 radical (unpaired) electrons. The van der Waals surface area contributed by atoms with Gasteiger partial charge in [-0.2, -0.15) is 0 Å². The lowest BCUT2D eigenvalue weighted by molar-refractivity contribution is 0.163. The highest BCUT2D eigenvalue weighted by molar-refractivity contribution is 5.29. The van der Waals surface area contributed by atoms with Gasteiger partial charge in [0.2, 0.25) is 5.95 Å². The van der Waals surface area contributed by atoms with Crippen molar-refractivity contribution in [2.24, 2.45) is 11.8 Å². The van der Waals surface area contributed by atoms with Gasteiger partial charge in [0.05, 0.1) is 18.3 Å². The van der Waals surface area contributed by atoms with Gasteiger partial charge in [0.25, 0.3) is 0 Å². The molecule has 4 nitrogen and oxygen atoms in total. The summed E-state index contributed by atoms with van der Waals surface area (Å²) in [5.74, 6) is 2.71. The fraction of sp³-hybridized carbons (Fsp3) is 0.812. The molecule has 1 aromatic rings. The molecule has 1 atom stereocenters. The summed E-state index contributed by atoms with van der Waals surface area (Å²) in [6.45, 7) is 8.34. The van der Waals surface area contributed by atoms with Crippen LogP contribution < -0.4 is 5.32 Å². The Hall–Kier alpha value is -1.03. The number of anilines is 1. The Balaban J connectivity index is 1.92. The predicted molar refractivity (Wildman–Crippen MR) is 83.2 cm³/mol. The van der Waals surface area contributed by atoms with E-state index in [1.165, 1.54) is 25.7 Å². The molecule has 114 valence electrons. The molecule has 0 bridgehead atoms. The highest BCUT2D eigenvalue weighted by atomic mass is 16.5. The number of aryl methyl sites for hydroxylation is 1. The summed E-state index contributed by atoms with van der Waals surface area (Å²) in [6.07, 6.45) is 7.55. The number of ether oxygens (including phenoxy) is 1. The Labute approximate surface area is 122 Å². The molecule has 1 aliphatic carbocycles. The monoisotopic (exact) mass is 279 g/mol. The van der Waals surface area contributed by atoms with Crippen molar-refractivity contribution in [3.63, 3.8) is 0 Å². The van der Waals surface area contributed by atoms with E-state index in [1.54, 1.807) is 7.11 Å². The van der Waals surface area contributed by atoms with Crippen LogP contribution in [0.15, 0.2) is 6.20 Å². The van der Waals surface area contributed by atoms with Crippen LogP contribution in [-0.4, -0.2) is 29.8 Å². The zero-order chi connectivity index (χ0) is 14.5. The molecule has 1 N–H and O–H groups in total. The fourth-order valence-corrected chi connectivity index (χ4v) is 3.07. The van der Waals surface area contributed by atoms with E-state index in [2.05, 4.69) is 34.9 Å². The third kappa shape index (κ3) is 3.98. The average molecular weight is 279 g/mol. The van der Waals surface area contributed by atoms with Gasteiger partial charge < -0.3 is 14.6 Å². The van der Waals surface area contributed by atoms with Crippen LogP contribution >= 0.6 is 0 Å². The number of hydrogen-bond donors (Lipinski definition) is 1. The van der Waals surface area contributed by atoms with Crippen LogP contribution in [0, 0.1) is 18.8 Å². The molecule has 4 heteroatoms. The average Bonchev–Trinajstić information content (AvgIpc) is 2.80. The first-order chi connectivity index (χ1) is 9.60. The first-order valence-corrected chi connectivity index (χ1v) is 7.88. The largest absolute Gasteiger partial charge is 0.383 e. The molecule has 20 heavy (non-hydrogen) atoms. The minimum Gasteiger partial charge on any atom is -0.383 e. The van der Waals surface area contributed by atoms with E-state index in [9.17, 15) is 0 Å². The van der Waals surface area contributed by atoms with E-state index in [0.29, 0.717) is 12.6 Å². The Kier molecular flexibility index (Phi) is 5.46. The van der Waals surface area contributed by atoms with Crippen molar-refractivity contribution in [1.82, 2.24) is 9.55 Å². The fourth-order valence-electron chi connectivity index (χ4n) is 3.07. The minimum absolute atomic E-state index is 0.315. The number of methoxy groups -OCH3 is 1. The van der Waals surface area contributed by atoms with Gasteiger partial charge in [-0.3, -0.25) is 0 Å². The summed E-state index contributed by atoms with van der Waals surface area (Å²) < 4.78 is 7.45. The lowest BCUT2D eigenvalue weighted by Crippen LogP contribution is -2.22. The Morgan fingerprint density at radius 1 is 1.40 bits per heavy atom. The normalized spacial score (nSPS) is 24.6. The van der Waals surface area contributed by atoms with Crippen molar-refractivity contribution in [2.75, 3.05) is 25.6 Å². The highest BCUT2D eigenvalue weighted by Crippen LogP contribution is 2.28. The topological polar surface area (TPSA) is 39.1 Å². The SMILES string of the molecule is COCC(C)n1cc(C)nc1NCC1CCC(C)CC1. The van der Waals surface area contributed by atoms with Gasteiger partial charge in [-0.15, -0.1) is 0 Å². The second kappa shape index (κ2) is 7.11. The van der Waals surface area contributed by atoms with Crippen LogP contribution in [0.1, 0.15) is 51.3 Å². The van der Waals surface area contributed by atoms with Crippen molar-refractivity contribution in [1.29, 1.82) is 0 Å². The van der Waals surface area contributed by atoms with Gasteiger partial charge in [0, 0.05) is 19.9 Å². The number of nitrogens with zero attached hydrogens (tertiary/aromatic N) is 2. The standard InChI is InChI=1S/C16H29N3O/c1-12-5-7-15(8-6-12)9-17-16-18-13(2)10-19(16)14(3)11-20-4/h10,12,14-15H,5-9,11H2,1-4H3,(H,17,18). The first kappa shape index (κ1) is 15.4. The minimum atomic E-state index is 0.315. The summed E-state index contributed by atoms with van der Waals surface area (Å²) in [5, 5.41) is 3.55. The molecule has 0 amide bonds. The lowest BCUT2D eigenvalue weighted by atomic mass is 9.83. The molecular weight excluding hydrogens is 250 g/mol. The van der Waals surface area contributed by atoms with Gasteiger partial charge in [-0.1, -0.05) is 19.8 Å². The Bertz CT molecular complexity index is 408. The van der Waals surface area contributed by atoms with Crippen molar-refractivity contribution in [2.45, 2.75) is 52.5 Å². The van der Waals surface area contributed by atoms with Crippen LogP contribution in [0.3, 0.4) is 0 Å². The molecule has 1 aromatic heterocycles. The van der Waals surface area contributed by atoms with Crippen LogP contribution in [-0.2, 0) is 4.74 Å². The highest BCUT2D eigenvalue weighted by Gasteiger charge is 2.19. The van der Waals surface area contributed by atoms with Gasteiger partial charge in [-0.25, -0.2) is 4.98 Å². The smallest absolute Gasteiger partial charge is 0.203 e. The molecular formula is C16H29N3O. The van der Waals surface area contributed by atoms with E-state index in [0.717, 1.165) is 30.0 Å². The van der Waals surface area contributed by atoms with Gasteiger partial charge in [0.1, 0.15) is 0 Å². The van der Waals surface area contributed by atoms with E-state index < -0.39 is 0 Å². The first-order valence-electron chi connectivity index (χ1n) is 7.88. The number of nitrogens with one attached hydrogen (secondary N) is 1. The van der Waals surface area contributed by atoms with E-state index in [4.69, 9.17) is 4.74 Å². The molecule has 2 rings (SSSR count). The van der Waals surface area contributed by atoms with Crippen molar-refractivity contribution >= 4 is 5.95 Å². The Morgan fingerprint density at radius 3 is 2.75 bits per heavy atom. The van der Waals surface area contributed by atoms with Gasteiger partial charge >= 0.3 is 0 Å². The molecule has 0 spiro atoms. The quantitative estimate of drug-likeness (QED) is 0.864. The molecule has 1 fully saturated rings. The molecule has 1 heterocycles. The molecule has 0 saturated heterocycles. The third-order valence-corrected chi connectivity index (χ3v) is 4.42. The molecule has 1 aliphatic rings. The van der Waals surface area contributed by atoms with E-state index in [-0.39, 0.29) is 0 Å². The van der Waals surface area contributed by atoms with Crippen molar-refractivity contribution in [3.05, 3.63) is 11.9 Å². The zero-order valence-electron chi connectivity index (χ0n) is 13.4. The molecule has 1 unspecified atom stereocenters. The summed E-state index contributed by atoms with van der Waals surface area (Å²) in [7, 11) is 1.75. The lowest BCUT2D eigenvalue weighted by Gasteiger charge is -2.26. The summed E-state index contributed by atoms with van der Waals surface area (Å²) >= 11 is 0. The molecule has 0 aliphatic heterocycles. The maximum absolute atomic E-state index is 5.25. The maximum Gasteiger partial charge on any atom is 0.203 e. The van der Waals surface area contributed by atoms with E-state index in [1.807, 2.05) is 6.92 Å². The van der Waals surface area contributed by atoms with Crippen LogP contribution in [0.5, 0.6) is 0 Å². The Morgan fingerprint density at radius 2 is 2.10 bits per heavy atom. The van der Waals surface area contributed by atoms with Crippen LogP contribution in [0.4, 0.5) is 5.95 Å². The number of aromatic nitrogens is 2. The van der Waals surface area contributed by atoms with Gasteiger partial charge in [-0.05, 0) is 38.5 Å². The second-order valence-corrected chi connectivity index (χ2v) is 6.42. The molecule has 1 saturated carbocycles. The third-order valence-electron chi connectivity index (χ3n) is 4.42. The summed E-state index contributed by atoms with van der Waals surface area (Å²) in [4.78, 5) is 4.61. The van der Waals surface area contributed by atoms with Crippen LogP contribution in [0.25, 0.3) is 0 Å². The number of imidazole rings is 1. The van der Waals surface area contributed by atoms with Crippen molar-refractivity contribution < 1.29 is 4.74 Å². The summed E-state index contributed by atoms with van der Waals surface area (Å²) in [5.41, 5.74) is 1.06.